The summed E-state index contributed by atoms with van der Waals surface area (Å²) in [6.07, 6.45) is 0.952. The lowest BCUT2D eigenvalue weighted by atomic mass is 9.90. The van der Waals surface area contributed by atoms with Crippen LogP contribution in [-0.2, 0) is 65.4 Å². The molecule has 7 N–H and O–H groups in total. The van der Waals surface area contributed by atoms with Gasteiger partial charge in [-0.3, -0.25) is 33.7 Å². The first-order valence-electron chi connectivity index (χ1n) is 28.3. The van der Waals surface area contributed by atoms with E-state index in [0.29, 0.717) is 50.9 Å². The molecule has 1 aliphatic heterocycles. The van der Waals surface area contributed by atoms with Gasteiger partial charge in [-0.25, -0.2) is 14.4 Å². The number of esters is 1. The summed E-state index contributed by atoms with van der Waals surface area (Å²) in [5, 5.41) is 13.3. The van der Waals surface area contributed by atoms with Crippen molar-refractivity contribution in [3.05, 3.63) is 65.7 Å². The fraction of sp³-hybridized carbons (Fsp3) is 0.644. The van der Waals surface area contributed by atoms with E-state index in [4.69, 9.17) is 24.7 Å². The number of nitrogens with zero attached hydrogens (tertiary/aromatic N) is 4. The van der Waals surface area contributed by atoms with Gasteiger partial charge in [-0.1, -0.05) is 83.5 Å². The van der Waals surface area contributed by atoms with Crippen molar-refractivity contribution in [2.75, 3.05) is 80.1 Å². The van der Waals surface area contributed by atoms with Crippen LogP contribution in [0, 0.1) is 17.8 Å². The third-order valence-electron chi connectivity index (χ3n) is 15.0. The van der Waals surface area contributed by atoms with Crippen molar-refractivity contribution in [2.45, 2.75) is 155 Å². The number of carbonyl (C=O) groups is 9. The lowest BCUT2D eigenvalue weighted by Crippen LogP contribution is -2.55. The van der Waals surface area contributed by atoms with Gasteiger partial charge in [0.15, 0.2) is 0 Å². The molecule has 9 amide bonds. The molecule has 2 aromatic rings. The summed E-state index contributed by atoms with van der Waals surface area (Å²) in [4.78, 5) is 126. The summed E-state index contributed by atoms with van der Waals surface area (Å²) in [5.74, 6) is -3.92. The third kappa shape index (κ3) is 21.8. The fourth-order valence-corrected chi connectivity index (χ4v) is 10.4. The molecule has 0 bridgehead atoms. The summed E-state index contributed by atoms with van der Waals surface area (Å²) in [7, 11) is 9.37. The smallest absolute Gasteiger partial charge is 0.408 e. The van der Waals surface area contributed by atoms with Gasteiger partial charge in [0, 0.05) is 60.1 Å². The van der Waals surface area contributed by atoms with Gasteiger partial charge in [-0.15, -0.1) is 0 Å². The monoisotopic (exact) mass is 1150 g/mol. The number of hydrogen-bond donors (Lipinski definition) is 6. The summed E-state index contributed by atoms with van der Waals surface area (Å²) in [6, 6.07) is 12.4. The second-order valence-electron chi connectivity index (χ2n) is 22.5. The molecular weight excluding hydrogens is 1060 g/mol. The number of methoxy groups -OCH3 is 3. The SMILES string of the molecule is CC[C@H](C)C([C@@H](CC(=O)N1CCC[C@H]1[C@H](OC)[C@@H](C)C(=O)N[C@@H](Cc1ccccc1)C(=O)OC)OC)N(C)C(=O)CNC(=O)C(C(C)C)N(C)CCc1ccc(N(C)C(=O)[C@H](CCCNC(N)=O)NC(=O)CNC(=O)OC(C)(C)C)cc1. The van der Waals surface area contributed by atoms with Crippen LogP contribution in [0.2, 0.25) is 0 Å². The first kappa shape index (κ1) is 69.4. The highest BCUT2D eigenvalue weighted by Gasteiger charge is 2.43. The average molecular weight is 1150 g/mol. The molecule has 23 heteroatoms. The zero-order valence-electron chi connectivity index (χ0n) is 50.8. The lowest BCUT2D eigenvalue weighted by Gasteiger charge is -2.39. The Hall–Kier alpha value is -6.85. The number of nitrogens with two attached hydrogens (primary N) is 1. The Morgan fingerprint density at radius 1 is 0.793 bits per heavy atom. The number of carbonyl (C=O) groups excluding carboxylic acids is 9. The molecule has 82 heavy (non-hydrogen) atoms. The minimum absolute atomic E-state index is 0.0563. The Balaban J connectivity index is 1.64. The van der Waals surface area contributed by atoms with Gasteiger partial charge in [-0.2, -0.15) is 0 Å². The number of nitrogens with one attached hydrogen (secondary N) is 5. The minimum Gasteiger partial charge on any atom is -0.467 e. The molecule has 23 nitrogen and oxygen atoms in total. The number of alkyl carbamates (subject to hydrolysis) is 1. The van der Waals surface area contributed by atoms with E-state index in [1.165, 1.54) is 26.2 Å². The molecule has 2 aromatic carbocycles. The number of primary amides is 1. The van der Waals surface area contributed by atoms with E-state index in [-0.39, 0.29) is 61.9 Å². The number of amides is 9. The topological polar surface area (TPSA) is 290 Å². The van der Waals surface area contributed by atoms with Crippen LogP contribution in [0.4, 0.5) is 15.3 Å². The van der Waals surface area contributed by atoms with Crippen LogP contribution in [0.25, 0.3) is 0 Å². The minimum atomic E-state index is -0.999. The second kappa shape index (κ2) is 33.9. The quantitative estimate of drug-likeness (QED) is 0.0452. The molecule has 0 saturated carbocycles. The van der Waals surface area contributed by atoms with Crippen LogP contribution >= 0.6 is 0 Å². The zero-order chi connectivity index (χ0) is 61.4. The third-order valence-corrected chi connectivity index (χ3v) is 15.0. The zero-order valence-corrected chi connectivity index (χ0v) is 50.8. The van der Waals surface area contributed by atoms with Crippen LogP contribution in [0.1, 0.15) is 105 Å². The molecule has 1 aliphatic rings. The van der Waals surface area contributed by atoms with Crippen molar-refractivity contribution >= 4 is 59.2 Å². The number of benzene rings is 2. The van der Waals surface area contributed by atoms with Crippen molar-refractivity contribution in [3.8, 4) is 0 Å². The molecule has 3 rings (SSSR count). The van der Waals surface area contributed by atoms with E-state index < -0.39 is 96.3 Å². The molecule has 0 spiro atoms. The predicted molar refractivity (Wildman–Crippen MR) is 311 cm³/mol. The van der Waals surface area contributed by atoms with Crippen molar-refractivity contribution in [1.29, 1.82) is 0 Å². The van der Waals surface area contributed by atoms with Gasteiger partial charge in [0.1, 0.15) is 24.2 Å². The van der Waals surface area contributed by atoms with E-state index in [9.17, 15) is 43.2 Å². The number of urea groups is 1. The Kier molecular flexibility index (Phi) is 28.7. The molecule has 2 unspecified atom stereocenters. The van der Waals surface area contributed by atoms with E-state index >= 15 is 0 Å². The van der Waals surface area contributed by atoms with Gasteiger partial charge in [-0.05, 0) is 95.0 Å². The number of ether oxygens (including phenoxy) is 4. The predicted octanol–water partition coefficient (Wildman–Crippen LogP) is 3.54. The van der Waals surface area contributed by atoms with Crippen LogP contribution in [-0.4, -0.2) is 191 Å². The van der Waals surface area contributed by atoms with Gasteiger partial charge in [0.2, 0.25) is 35.4 Å². The number of rotatable bonds is 32. The summed E-state index contributed by atoms with van der Waals surface area (Å²) in [6.45, 7) is 15.0. The Morgan fingerprint density at radius 3 is 2.02 bits per heavy atom. The van der Waals surface area contributed by atoms with Crippen molar-refractivity contribution in [2.24, 2.45) is 23.5 Å². The van der Waals surface area contributed by atoms with Crippen LogP contribution in [0.5, 0.6) is 0 Å². The Labute approximate surface area is 485 Å². The van der Waals surface area contributed by atoms with E-state index in [1.807, 2.05) is 82.1 Å². The maximum atomic E-state index is 14.4. The molecule has 1 saturated heterocycles. The second-order valence-corrected chi connectivity index (χ2v) is 22.5. The molecule has 1 fully saturated rings. The number of hydrogen-bond acceptors (Lipinski definition) is 14. The standard InChI is InChI=1S/C59H94N10O13/c1-15-38(4)51(46(79-12)34-48(71)69-31-20-24-45(69)52(80-13)39(5)53(73)65-44(56(76)81-14)33-41-21-17-16-18-22-41)68(11)49(72)36-62-54(74)50(37(2)3)66(9)32-29-40-25-27-42(28-26-40)67(10)55(75)43(23-19-30-61-57(60)77)64-47(70)35-63-58(78)82-59(6,7)8/h16-18,21-22,25-28,37-39,43-46,50-52H,15,19-20,23-24,29-36H2,1-14H3,(H,62,74)(H,63,78)(H,64,70)(H,65,73)(H3,60,61,77)/t38-,39+,43-,44-,45-,46+,50?,51?,52+/m0/s1. The van der Waals surface area contributed by atoms with E-state index in [0.717, 1.165) is 11.1 Å². The van der Waals surface area contributed by atoms with Crippen LogP contribution in [0.3, 0.4) is 0 Å². The first-order valence-corrected chi connectivity index (χ1v) is 28.3. The fourth-order valence-electron chi connectivity index (χ4n) is 10.4. The lowest BCUT2D eigenvalue weighted by molar-refractivity contribution is -0.148. The summed E-state index contributed by atoms with van der Waals surface area (Å²) >= 11 is 0. The molecule has 9 atom stereocenters. The van der Waals surface area contributed by atoms with E-state index in [2.05, 4.69) is 26.6 Å². The molecule has 0 aromatic heterocycles. The van der Waals surface area contributed by atoms with E-state index in [1.54, 1.807) is 63.7 Å². The van der Waals surface area contributed by atoms with Gasteiger partial charge in [0.05, 0.1) is 56.3 Å². The van der Waals surface area contributed by atoms with Crippen LogP contribution in [0.15, 0.2) is 54.6 Å². The largest absolute Gasteiger partial charge is 0.467 e. The highest BCUT2D eigenvalue weighted by atomic mass is 16.6. The van der Waals surface area contributed by atoms with Crippen molar-refractivity contribution < 1.29 is 62.1 Å². The van der Waals surface area contributed by atoms with Crippen molar-refractivity contribution in [3.63, 3.8) is 0 Å². The Bertz CT molecular complexity index is 2410. The highest BCUT2D eigenvalue weighted by molar-refractivity contribution is 5.99. The molecular formula is C59H94N10O13. The normalized spacial score (nSPS) is 16.3. The van der Waals surface area contributed by atoms with Gasteiger partial charge < -0.3 is 66.0 Å². The molecule has 1 heterocycles. The maximum Gasteiger partial charge on any atom is 0.408 e. The summed E-state index contributed by atoms with van der Waals surface area (Å²) in [5.41, 5.74) is 6.75. The number of likely N-dealkylation sites (tertiary alicyclic amines) is 1. The number of anilines is 1. The van der Waals surface area contributed by atoms with Gasteiger partial charge >= 0.3 is 18.1 Å². The van der Waals surface area contributed by atoms with Gasteiger partial charge in [0.25, 0.3) is 0 Å². The average Bonchev–Trinajstić information content (AvgIpc) is 3.95. The summed E-state index contributed by atoms with van der Waals surface area (Å²) < 4.78 is 22.2. The highest BCUT2D eigenvalue weighted by Crippen LogP contribution is 2.30. The number of likely N-dealkylation sites (N-methyl/N-ethyl adjacent to an activating group) is 3. The van der Waals surface area contributed by atoms with Crippen LogP contribution < -0.4 is 37.2 Å². The first-order chi connectivity index (χ1) is 38.7. The Morgan fingerprint density at radius 2 is 1.45 bits per heavy atom. The molecule has 458 valence electrons. The maximum absolute atomic E-state index is 14.4. The van der Waals surface area contributed by atoms with Crippen molar-refractivity contribution in [1.82, 2.24) is 41.3 Å². The molecule has 0 aliphatic carbocycles. The molecule has 0 radical (unpaired) electrons.